The van der Waals surface area contributed by atoms with Gasteiger partial charge in [0.2, 0.25) is 0 Å². The van der Waals surface area contributed by atoms with Gasteiger partial charge in [-0.2, -0.15) is 5.10 Å². The Labute approximate surface area is 108 Å². The van der Waals surface area contributed by atoms with Crippen molar-refractivity contribution in [2.45, 2.75) is 6.54 Å². The van der Waals surface area contributed by atoms with Gasteiger partial charge in [0.25, 0.3) is 11.2 Å². The van der Waals surface area contributed by atoms with Gasteiger partial charge in [-0.3, -0.25) is 14.9 Å². The molecule has 7 heteroatoms. The van der Waals surface area contributed by atoms with Crippen LogP contribution in [0.2, 0.25) is 0 Å². The van der Waals surface area contributed by atoms with Crippen molar-refractivity contribution in [1.29, 1.82) is 0 Å². The zero-order chi connectivity index (χ0) is 14.0. The molecule has 1 aromatic carbocycles. The normalized spacial score (nSPS) is 10.4. The third-order valence-electron chi connectivity index (χ3n) is 2.73. The molecule has 0 aliphatic heterocycles. The predicted octanol–water partition coefficient (Wildman–Crippen LogP) is 0.814. The van der Waals surface area contributed by atoms with Crippen LogP contribution in [-0.2, 0) is 13.6 Å². The Balaban J connectivity index is 2.50. The molecule has 0 aliphatic rings. The van der Waals surface area contributed by atoms with Crippen LogP contribution in [0.1, 0.15) is 5.56 Å². The van der Waals surface area contributed by atoms with E-state index in [2.05, 4.69) is 5.10 Å². The van der Waals surface area contributed by atoms with Crippen LogP contribution >= 0.6 is 0 Å². The minimum atomic E-state index is -0.469. The molecule has 0 saturated heterocycles. The zero-order valence-corrected chi connectivity index (χ0v) is 10.2. The fourth-order valence-corrected chi connectivity index (χ4v) is 1.71. The Morgan fingerprint density at radius 2 is 2.00 bits per heavy atom. The summed E-state index contributed by atoms with van der Waals surface area (Å²) >= 11 is 0. The summed E-state index contributed by atoms with van der Waals surface area (Å²) in [4.78, 5) is 21.8. The third-order valence-corrected chi connectivity index (χ3v) is 2.73. The van der Waals surface area contributed by atoms with E-state index in [4.69, 9.17) is 5.73 Å². The van der Waals surface area contributed by atoms with Crippen LogP contribution in [0.15, 0.2) is 35.1 Å². The molecule has 0 aliphatic carbocycles. The molecule has 0 fully saturated rings. The lowest BCUT2D eigenvalue weighted by Gasteiger charge is -2.06. The van der Waals surface area contributed by atoms with E-state index in [1.165, 1.54) is 23.9 Å². The van der Waals surface area contributed by atoms with Crippen LogP contribution in [0.3, 0.4) is 0 Å². The molecule has 98 valence electrons. The summed E-state index contributed by atoms with van der Waals surface area (Å²) < 4.78 is 1.21. The molecule has 7 nitrogen and oxygen atoms in total. The predicted molar refractivity (Wildman–Crippen MR) is 69.5 cm³/mol. The first-order chi connectivity index (χ1) is 9.02. The highest BCUT2D eigenvalue weighted by Crippen LogP contribution is 2.20. The molecule has 0 radical (unpaired) electrons. The molecule has 2 N–H and O–H groups in total. The topological polar surface area (TPSA) is 104 Å². The molecular formula is C12H12N4O3. The number of nitro groups is 1. The quantitative estimate of drug-likeness (QED) is 0.649. The van der Waals surface area contributed by atoms with E-state index in [1.54, 1.807) is 18.2 Å². The van der Waals surface area contributed by atoms with E-state index in [1.807, 2.05) is 0 Å². The lowest BCUT2D eigenvalue weighted by molar-refractivity contribution is -0.384. The van der Waals surface area contributed by atoms with Crippen molar-refractivity contribution in [2.75, 3.05) is 0 Å². The molecule has 0 atom stereocenters. The molecular weight excluding hydrogens is 248 g/mol. The second-order valence-corrected chi connectivity index (χ2v) is 3.99. The molecule has 1 heterocycles. The van der Waals surface area contributed by atoms with Gasteiger partial charge in [-0.05, 0) is 18.2 Å². The molecule has 0 bridgehead atoms. The summed E-state index contributed by atoms with van der Waals surface area (Å²) in [5.74, 6) is 0. The third kappa shape index (κ3) is 2.50. The fourth-order valence-electron chi connectivity index (χ4n) is 1.71. The number of benzene rings is 1. The standard InChI is InChI=1S/C12H12N4O3/c1-15-12(17)9(7-13)6-11(14-15)8-2-4-10(5-3-8)16(18)19/h2-6H,7,13H2,1H3. The highest BCUT2D eigenvalue weighted by atomic mass is 16.6. The average molecular weight is 260 g/mol. The van der Waals surface area contributed by atoms with Gasteiger partial charge in [0.05, 0.1) is 10.6 Å². The number of hydrogen-bond acceptors (Lipinski definition) is 5. The lowest BCUT2D eigenvalue weighted by atomic mass is 10.1. The highest BCUT2D eigenvalue weighted by Gasteiger charge is 2.09. The van der Waals surface area contributed by atoms with Gasteiger partial charge in [0.1, 0.15) is 0 Å². The minimum absolute atomic E-state index is 0.00705. The van der Waals surface area contributed by atoms with E-state index < -0.39 is 4.92 Å². The van der Waals surface area contributed by atoms with Crippen molar-refractivity contribution in [1.82, 2.24) is 9.78 Å². The summed E-state index contributed by atoms with van der Waals surface area (Å²) in [6, 6.07) is 7.56. The van der Waals surface area contributed by atoms with Gasteiger partial charge in [-0.15, -0.1) is 0 Å². The number of rotatable bonds is 3. The number of nitro benzene ring substituents is 1. The highest BCUT2D eigenvalue weighted by molar-refractivity contribution is 5.60. The first-order valence-corrected chi connectivity index (χ1v) is 5.55. The minimum Gasteiger partial charge on any atom is -0.326 e. The second-order valence-electron chi connectivity index (χ2n) is 3.99. The number of nitrogens with two attached hydrogens (primary N) is 1. The Kier molecular flexibility index (Phi) is 3.39. The maximum absolute atomic E-state index is 11.7. The largest absolute Gasteiger partial charge is 0.326 e. The van der Waals surface area contributed by atoms with E-state index in [0.717, 1.165) is 0 Å². The molecule has 0 amide bonds. The number of aromatic nitrogens is 2. The van der Waals surface area contributed by atoms with Crippen LogP contribution in [0.25, 0.3) is 11.3 Å². The van der Waals surface area contributed by atoms with Gasteiger partial charge in [0, 0.05) is 36.9 Å². The Hall–Kier alpha value is -2.54. The van der Waals surface area contributed by atoms with E-state index in [0.29, 0.717) is 16.8 Å². The maximum Gasteiger partial charge on any atom is 0.271 e. The fraction of sp³-hybridized carbons (Fsp3) is 0.167. The Morgan fingerprint density at radius 3 is 2.53 bits per heavy atom. The maximum atomic E-state index is 11.7. The second kappa shape index (κ2) is 4.99. The van der Waals surface area contributed by atoms with Crippen LogP contribution in [0, 0.1) is 10.1 Å². The summed E-state index contributed by atoms with van der Waals surface area (Å²) in [6.45, 7) is 0.120. The molecule has 0 saturated carbocycles. The SMILES string of the molecule is Cn1nc(-c2ccc([N+](=O)[O-])cc2)cc(CN)c1=O. The lowest BCUT2D eigenvalue weighted by Crippen LogP contribution is -2.25. The van der Waals surface area contributed by atoms with Crippen LogP contribution in [0.5, 0.6) is 0 Å². The molecule has 0 spiro atoms. The average Bonchev–Trinajstić information content (AvgIpc) is 2.41. The van der Waals surface area contributed by atoms with Crippen molar-refractivity contribution < 1.29 is 4.92 Å². The number of non-ortho nitro benzene ring substituents is 1. The zero-order valence-electron chi connectivity index (χ0n) is 10.2. The van der Waals surface area contributed by atoms with Gasteiger partial charge in [-0.25, -0.2) is 4.68 Å². The van der Waals surface area contributed by atoms with Crippen molar-refractivity contribution >= 4 is 5.69 Å². The smallest absolute Gasteiger partial charge is 0.271 e. The van der Waals surface area contributed by atoms with Crippen LogP contribution < -0.4 is 11.3 Å². The summed E-state index contributed by atoms with van der Waals surface area (Å²) in [5, 5.41) is 14.7. The van der Waals surface area contributed by atoms with E-state index in [-0.39, 0.29) is 17.8 Å². The number of hydrogen-bond donors (Lipinski definition) is 1. The molecule has 0 unspecified atom stereocenters. The Bertz CT molecular complexity index is 676. The van der Waals surface area contributed by atoms with Gasteiger partial charge >= 0.3 is 0 Å². The van der Waals surface area contributed by atoms with E-state index in [9.17, 15) is 14.9 Å². The van der Waals surface area contributed by atoms with Crippen LogP contribution in [-0.4, -0.2) is 14.7 Å². The van der Waals surface area contributed by atoms with Crippen molar-refractivity contribution in [3.63, 3.8) is 0 Å². The molecule has 1 aromatic heterocycles. The van der Waals surface area contributed by atoms with E-state index >= 15 is 0 Å². The van der Waals surface area contributed by atoms with Crippen LogP contribution in [0.4, 0.5) is 5.69 Å². The number of nitrogens with zero attached hydrogens (tertiary/aromatic N) is 3. The molecule has 2 rings (SSSR count). The van der Waals surface area contributed by atoms with Gasteiger partial charge in [0.15, 0.2) is 0 Å². The molecule has 19 heavy (non-hydrogen) atoms. The summed E-state index contributed by atoms with van der Waals surface area (Å²) in [5.41, 5.74) is 6.96. The first kappa shape index (κ1) is 12.9. The summed E-state index contributed by atoms with van der Waals surface area (Å²) in [7, 11) is 1.54. The van der Waals surface area contributed by atoms with Gasteiger partial charge < -0.3 is 5.73 Å². The first-order valence-electron chi connectivity index (χ1n) is 5.55. The van der Waals surface area contributed by atoms with Crippen molar-refractivity contribution in [3.8, 4) is 11.3 Å². The summed E-state index contributed by atoms with van der Waals surface area (Å²) in [6.07, 6.45) is 0. The number of aryl methyl sites for hydroxylation is 1. The Morgan fingerprint density at radius 1 is 1.37 bits per heavy atom. The molecule has 2 aromatic rings. The van der Waals surface area contributed by atoms with Gasteiger partial charge in [-0.1, -0.05) is 0 Å². The monoisotopic (exact) mass is 260 g/mol. The van der Waals surface area contributed by atoms with Crippen molar-refractivity contribution in [3.05, 3.63) is 56.4 Å². The van der Waals surface area contributed by atoms with Crippen molar-refractivity contribution in [2.24, 2.45) is 12.8 Å².